The maximum atomic E-state index is 13.7. The zero-order chi connectivity index (χ0) is 23.3. The molecule has 7 nitrogen and oxygen atoms in total. The van der Waals surface area contributed by atoms with Gasteiger partial charge in [-0.05, 0) is 68.1 Å². The van der Waals surface area contributed by atoms with E-state index in [2.05, 4.69) is 20.8 Å². The van der Waals surface area contributed by atoms with Crippen LogP contribution in [0.2, 0.25) is 0 Å². The van der Waals surface area contributed by atoms with Gasteiger partial charge in [0.2, 0.25) is 15.9 Å². The highest BCUT2D eigenvalue weighted by atomic mass is 79.9. The van der Waals surface area contributed by atoms with Crippen molar-refractivity contribution >= 4 is 49.0 Å². The lowest BCUT2D eigenvalue weighted by molar-refractivity contribution is -0.119. The summed E-state index contributed by atoms with van der Waals surface area (Å²) in [6, 6.07) is 11.0. The van der Waals surface area contributed by atoms with Crippen molar-refractivity contribution in [3.8, 4) is 0 Å². The fourth-order valence-electron chi connectivity index (χ4n) is 4.67. The number of benzene rings is 2. The third-order valence-corrected chi connectivity index (χ3v) is 9.05. The molecular weight excluding hydrogens is 506 g/mol. The van der Waals surface area contributed by atoms with Gasteiger partial charge in [-0.1, -0.05) is 15.9 Å². The lowest BCUT2D eigenvalue weighted by Gasteiger charge is -2.36. The molecular formula is C24H26BrN3O4S. The van der Waals surface area contributed by atoms with Crippen molar-refractivity contribution in [2.45, 2.75) is 31.1 Å². The van der Waals surface area contributed by atoms with Crippen LogP contribution in [0.1, 0.15) is 35.7 Å². The third kappa shape index (κ3) is 4.22. The number of carbonyl (C=O) groups excluding carboxylic acids is 2. The lowest BCUT2D eigenvalue weighted by atomic mass is 10.1. The molecule has 0 N–H and O–H groups in total. The van der Waals surface area contributed by atoms with Crippen molar-refractivity contribution in [2.24, 2.45) is 5.92 Å². The number of nitrogens with zero attached hydrogens (tertiary/aromatic N) is 3. The summed E-state index contributed by atoms with van der Waals surface area (Å²) in [5.41, 5.74) is 3.11. The van der Waals surface area contributed by atoms with Crippen LogP contribution in [0.25, 0.3) is 0 Å². The molecule has 2 aromatic carbocycles. The number of sulfonamides is 1. The molecule has 174 valence electrons. The highest BCUT2D eigenvalue weighted by Gasteiger charge is 2.40. The summed E-state index contributed by atoms with van der Waals surface area (Å²) in [6.45, 7) is 3.90. The zero-order valence-electron chi connectivity index (χ0n) is 18.5. The fraction of sp³-hybridized carbons (Fsp3) is 0.417. The van der Waals surface area contributed by atoms with Gasteiger partial charge in [0.1, 0.15) is 4.90 Å². The second kappa shape index (κ2) is 8.52. The van der Waals surface area contributed by atoms with Gasteiger partial charge in [-0.3, -0.25) is 9.59 Å². The Morgan fingerprint density at radius 1 is 0.970 bits per heavy atom. The minimum absolute atomic E-state index is 0.0215. The summed E-state index contributed by atoms with van der Waals surface area (Å²) < 4.78 is 29.7. The number of anilines is 2. The van der Waals surface area contributed by atoms with Crippen LogP contribution in [0.5, 0.6) is 0 Å². The summed E-state index contributed by atoms with van der Waals surface area (Å²) in [5.74, 6) is 0.104. The van der Waals surface area contributed by atoms with Crippen LogP contribution in [0.3, 0.4) is 0 Å². The highest BCUT2D eigenvalue weighted by Crippen LogP contribution is 2.42. The molecule has 0 aromatic heterocycles. The second-order valence-electron chi connectivity index (χ2n) is 8.92. The third-order valence-electron chi connectivity index (χ3n) is 6.68. The molecule has 2 heterocycles. The normalized spacial score (nSPS) is 19.0. The number of piperazine rings is 1. The molecule has 2 aromatic rings. The van der Waals surface area contributed by atoms with Gasteiger partial charge in [0.25, 0.3) is 0 Å². The molecule has 2 aliphatic heterocycles. The smallest absolute Gasteiger partial charge is 0.245 e. The average molecular weight is 532 g/mol. The number of amides is 1. The van der Waals surface area contributed by atoms with Gasteiger partial charge in [0.15, 0.2) is 5.78 Å². The molecule has 2 fully saturated rings. The van der Waals surface area contributed by atoms with Crippen molar-refractivity contribution in [1.82, 2.24) is 4.31 Å². The maximum Gasteiger partial charge on any atom is 0.245 e. The molecule has 1 saturated carbocycles. The fourth-order valence-corrected chi connectivity index (χ4v) is 7.01. The van der Waals surface area contributed by atoms with E-state index in [1.54, 1.807) is 23.1 Å². The summed E-state index contributed by atoms with van der Waals surface area (Å²) in [7, 11) is -3.77. The molecule has 33 heavy (non-hydrogen) atoms. The first-order chi connectivity index (χ1) is 15.8. The molecule has 0 unspecified atom stereocenters. The zero-order valence-corrected chi connectivity index (χ0v) is 20.9. The monoisotopic (exact) mass is 531 g/mol. The Hall–Kier alpha value is -2.23. The van der Waals surface area contributed by atoms with Crippen LogP contribution in [-0.2, 0) is 21.2 Å². The average Bonchev–Trinajstić information content (AvgIpc) is 3.58. The first kappa shape index (κ1) is 22.6. The van der Waals surface area contributed by atoms with E-state index in [1.807, 2.05) is 18.2 Å². The molecule has 3 aliphatic rings. The van der Waals surface area contributed by atoms with Crippen LogP contribution in [0.15, 0.2) is 45.8 Å². The number of Topliss-reactive ketones (excluding diaryl/α,β-unsaturated/α-hetero) is 1. The van der Waals surface area contributed by atoms with Gasteiger partial charge in [0, 0.05) is 54.4 Å². The van der Waals surface area contributed by atoms with Crippen LogP contribution in [0.4, 0.5) is 11.4 Å². The topological polar surface area (TPSA) is 78.0 Å². The van der Waals surface area contributed by atoms with Crippen LogP contribution < -0.4 is 9.80 Å². The number of hydrogen-bond acceptors (Lipinski definition) is 5. The first-order valence-electron chi connectivity index (χ1n) is 11.3. The molecule has 0 radical (unpaired) electrons. The molecule has 5 rings (SSSR count). The van der Waals surface area contributed by atoms with Gasteiger partial charge < -0.3 is 9.80 Å². The largest absolute Gasteiger partial charge is 0.369 e. The quantitative estimate of drug-likeness (QED) is 0.552. The Morgan fingerprint density at radius 2 is 1.64 bits per heavy atom. The Morgan fingerprint density at radius 3 is 2.24 bits per heavy atom. The molecule has 1 saturated heterocycles. The van der Waals surface area contributed by atoms with Gasteiger partial charge in [-0.25, -0.2) is 8.42 Å². The molecule has 1 aliphatic carbocycles. The van der Waals surface area contributed by atoms with Crippen molar-refractivity contribution < 1.29 is 18.0 Å². The molecule has 0 atom stereocenters. The van der Waals surface area contributed by atoms with Crippen molar-refractivity contribution in [3.05, 3.63) is 52.0 Å². The van der Waals surface area contributed by atoms with Gasteiger partial charge in [-0.15, -0.1) is 0 Å². The SMILES string of the molecule is CC(=O)c1ccc(N2CCN(S(=O)(=O)c3cc(Br)cc4c3N(C(=O)C3CC3)CC4)CC2)cc1. The summed E-state index contributed by atoms with van der Waals surface area (Å²) in [6.07, 6.45) is 2.44. The van der Waals surface area contributed by atoms with Gasteiger partial charge >= 0.3 is 0 Å². The molecule has 0 bridgehead atoms. The maximum absolute atomic E-state index is 13.7. The number of ketones is 1. The van der Waals surface area contributed by atoms with Gasteiger partial charge in [0.05, 0.1) is 5.69 Å². The Labute approximate surface area is 202 Å². The number of halogens is 1. The van der Waals surface area contributed by atoms with Crippen molar-refractivity contribution in [3.63, 3.8) is 0 Å². The van der Waals surface area contributed by atoms with E-state index in [0.717, 1.165) is 24.1 Å². The van der Waals surface area contributed by atoms with E-state index >= 15 is 0 Å². The minimum atomic E-state index is -3.77. The molecule has 1 amide bonds. The molecule has 0 spiro atoms. The first-order valence-corrected chi connectivity index (χ1v) is 13.5. The van der Waals surface area contributed by atoms with Crippen molar-refractivity contribution in [1.29, 1.82) is 0 Å². The van der Waals surface area contributed by atoms with E-state index < -0.39 is 10.0 Å². The van der Waals surface area contributed by atoms with E-state index in [1.165, 1.54) is 11.2 Å². The van der Waals surface area contributed by atoms with E-state index in [4.69, 9.17) is 0 Å². The summed E-state index contributed by atoms with van der Waals surface area (Å²) >= 11 is 3.47. The molecule has 9 heteroatoms. The van der Waals surface area contributed by atoms with Gasteiger partial charge in [-0.2, -0.15) is 4.31 Å². The second-order valence-corrected chi connectivity index (χ2v) is 11.7. The summed E-state index contributed by atoms with van der Waals surface area (Å²) in [5, 5.41) is 0. The Balaban J connectivity index is 1.38. The van der Waals surface area contributed by atoms with Crippen LogP contribution in [0, 0.1) is 5.92 Å². The van der Waals surface area contributed by atoms with E-state index in [-0.39, 0.29) is 22.5 Å². The number of carbonyl (C=O) groups is 2. The Kier molecular flexibility index (Phi) is 5.83. The van der Waals surface area contributed by atoms with Crippen LogP contribution in [-0.4, -0.2) is 57.1 Å². The highest BCUT2D eigenvalue weighted by molar-refractivity contribution is 9.10. The van der Waals surface area contributed by atoms with E-state index in [9.17, 15) is 18.0 Å². The lowest BCUT2D eigenvalue weighted by Crippen LogP contribution is -2.49. The number of rotatable bonds is 5. The minimum Gasteiger partial charge on any atom is -0.369 e. The van der Waals surface area contributed by atoms with Crippen LogP contribution >= 0.6 is 15.9 Å². The van der Waals surface area contributed by atoms with E-state index in [0.29, 0.717) is 54.9 Å². The number of fused-ring (bicyclic) bond motifs is 1. The predicted octanol–water partition coefficient (Wildman–Crippen LogP) is 3.46. The predicted molar refractivity (Wildman–Crippen MR) is 130 cm³/mol. The summed E-state index contributed by atoms with van der Waals surface area (Å²) in [4.78, 5) is 28.4. The Bertz CT molecular complexity index is 1220. The standard InChI is InChI=1S/C24H26BrN3O4S/c1-16(29)17-4-6-21(7-5-17)26-10-12-27(13-11-26)33(31,32)22-15-20(25)14-19-8-9-28(23(19)22)24(30)18-2-3-18/h4-7,14-15,18H,2-3,8-13H2,1H3. The number of hydrogen-bond donors (Lipinski definition) is 0. The van der Waals surface area contributed by atoms with Crippen molar-refractivity contribution in [2.75, 3.05) is 42.5 Å².